The molecule has 0 aliphatic carbocycles. The Hall–Kier alpha value is -3.03. The van der Waals surface area contributed by atoms with Crippen LogP contribution < -0.4 is 10.6 Å². The lowest BCUT2D eigenvalue weighted by atomic mass is 10.1. The van der Waals surface area contributed by atoms with Crippen molar-refractivity contribution < 1.29 is 13.2 Å². The summed E-state index contributed by atoms with van der Waals surface area (Å²) in [6.07, 6.45) is 1.01. The number of hydrogen-bond acceptors (Lipinski definition) is 2. The zero-order valence-corrected chi connectivity index (χ0v) is 15.5. The molecule has 0 fully saturated rings. The van der Waals surface area contributed by atoms with Crippen molar-refractivity contribution in [1.82, 2.24) is 20.0 Å². The molecule has 0 aliphatic heterocycles. The molecule has 3 aromatic rings. The number of fused-ring (bicyclic) bond motifs is 1. The molecule has 2 N–H and O–H groups in total. The number of pyridine rings is 1. The molecule has 0 atom stereocenters. The number of guanidine groups is 1. The van der Waals surface area contributed by atoms with Gasteiger partial charge in [0.25, 0.3) is 0 Å². The highest BCUT2D eigenvalue weighted by atomic mass is 19.4. The van der Waals surface area contributed by atoms with E-state index in [1.807, 2.05) is 35.0 Å². The highest BCUT2D eigenvalue weighted by Crippen LogP contribution is 2.29. The van der Waals surface area contributed by atoms with E-state index in [9.17, 15) is 13.2 Å². The number of nitrogens with one attached hydrogen (secondary N) is 2. The van der Waals surface area contributed by atoms with Crippen molar-refractivity contribution in [3.05, 3.63) is 71.7 Å². The van der Waals surface area contributed by atoms with Crippen molar-refractivity contribution in [2.45, 2.75) is 19.0 Å². The molecule has 8 heteroatoms. The summed E-state index contributed by atoms with van der Waals surface area (Å²) >= 11 is 0. The molecule has 5 nitrogen and oxygen atoms in total. The topological polar surface area (TPSA) is 53.7 Å². The van der Waals surface area contributed by atoms with Crippen molar-refractivity contribution in [1.29, 1.82) is 0 Å². The highest BCUT2D eigenvalue weighted by molar-refractivity contribution is 5.79. The van der Waals surface area contributed by atoms with Crippen LogP contribution in [-0.2, 0) is 19.0 Å². The third-order valence-electron chi connectivity index (χ3n) is 4.30. The zero-order valence-electron chi connectivity index (χ0n) is 15.5. The van der Waals surface area contributed by atoms with Gasteiger partial charge in [0.1, 0.15) is 5.65 Å². The van der Waals surface area contributed by atoms with Gasteiger partial charge in [-0.05, 0) is 36.2 Å². The van der Waals surface area contributed by atoms with Gasteiger partial charge in [0.2, 0.25) is 0 Å². The van der Waals surface area contributed by atoms with E-state index in [0.29, 0.717) is 25.5 Å². The van der Waals surface area contributed by atoms with Gasteiger partial charge in [-0.25, -0.2) is 4.98 Å². The molecule has 0 aliphatic rings. The predicted octanol–water partition coefficient (Wildman–Crippen LogP) is 3.30. The molecular formula is C20H22F3N5. The Morgan fingerprint density at radius 2 is 1.75 bits per heavy atom. The lowest BCUT2D eigenvalue weighted by molar-refractivity contribution is -0.137. The molecule has 0 saturated carbocycles. The van der Waals surface area contributed by atoms with E-state index in [4.69, 9.17) is 0 Å². The molecule has 148 valence electrons. The summed E-state index contributed by atoms with van der Waals surface area (Å²) in [6.45, 7) is 1.24. The van der Waals surface area contributed by atoms with Crippen LogP contribution in [0.15, 0.2) is 59.9 Å². The van der Waals surface area contributed by atoms with E-state index in [1.54, 1.807) is 7.05 Å². The standard InChI is InChI=1S/C20H22F3N5/c1-24-19(25-11-9-15-5-7-16(8-6-15)20(21,22)23)26-12-10-17-14-28-13-3-2-4-18(28)27-17/h2-8,13-14H,9-12H2,1H3,(H2,24,25,26). The first kappa shape index (κ1) is 19.7. The second-order valence-corrected chi connectivity index (χ2v) is 6.32. The van der Waals surface area contributed by atoms with Crippen LogP contribution in [0.5, 0.6) is 0 Å². The molecule has 0 bridgehead atoms. The fraction of sp³-hybridized carbons (Fsp3) is 0.300. The molecule has 28 heavy (non-hydrogen) atoms. The number of aromatic nitrogens is 2. The van der Waals surface area contributed by atoms with Crippen LogP contribution in [0.1, 0.15) is 16.8 Å². The average Bonchev–Trinajstić information content (AvgIpc) is 3.09. The smallest absolute Gasteiger partial charge is 0.356 e. The fourth-order valence-electron chi connectivity index (χ4n) is 2.82. The SMILES string of the molecule is CN=C(NCCc1ccc(C(F)(F)F)cc1)NCCc1cn2ccccc2n1. The summed E-state index contributed by atoms with van der Waals surface area (Å²) in [5.74, 6) is 0.649. The van der Waals surface area contributed by atoms with Crippen LogP contribution >= 0.6 is 0 Å². The van der Waals surface area contributed by atoms with Gasteiger partial charge in [-0.3, -0.25) is 4.99 Å². The first-order valence-electron chi connectivity index (χ1n) is 8.99. The molecule has 3 rings (SSSR count). The van der Waals surface area contributed by atoms with E-state index in [2.05, 4.69) is 20.6 Å². The summed E-state index contributed by atoms with van der Waals surface area (Å²) in [7, 11) is 1.68. The van der Waals surface area contributed by atoms with Crippen LogP contribution in [0.4, 0.5) is 13.2 Å². The summed E-state index contributed by atoms with van der Waals surface area (Å²) in [5, 5.41) is 6.39. The van der Waals surface area contributed by atoms with E-state index in [1.165, 1.54) is 12.1 Å². The minimum Gasteiger partial charge on any atom is -0.356 e. The second kappa shape index (κ2) is 8.77. The molecule has 0 spiro atoms. The first-order chi connectivity index (χ1) is 13.5. The summed E-state index contributed by atoms with van der Waals surface area (Å²) in [4.78, 5) is 8.70. The van der Waals surface area contributed by atoms with Gasteiger partial charge in [0, 0.05) is 39.0 Å². The third kappa shape index (κ3) is 5.25. The number of rotatable bonds is 6. The molecule has 2 heterocycles. The number of benzene rings is 1. The number of halogens is 3. The van der Waals surface area contributed by atoms with E-state index in [-0.39, 0.29) is 0 Å². The van der Waals surface area contributed by atoms with E-state index in [0.717, 1.165) is 35.5 Å². The summed E-state index contributed by atoms with van der Waals surface area (Å²) in [5.41, 5.74) is 2.10. The zero-order chi connectivity index (χ0) is 20.0. The van der Waals surface area contributed by atoms with Gasteiger partial charge in [-0.1, -0.05) is 18.2 Å². The lowest BCUT2D eigenvalue weighted by Gasteiger charge is -2.12. The minimum atomic E-state index is -4.30. The minimum absolute atomic E-state index is 0.569. The van der Waals surface area contributed by atoms with Gasteiger partial charge in [-0.15, -0.1) is 0 Å². The number of nitrogens with zero attached hydrogens (tertiary/aromatic N) is 3. The Morgan fingerprint density at radius 1 is 1.04 bits per heavy atom. The number of imidazole rings is 1. The monoisotopic (exact) mass is 389 g/mol. The van der Waals surface area contributed by atoms with Crippen LogP contribution in [-0.4, -0.2) is 35.5 Å². The van der Waals surface area contributed by atoms with Gasteiger partial charge in [-0.2, -0.15) is 13.2 Å². The lowest BCUT2D eigenvalue weighted by Crippen LogP contribution is -2.39. The van der Waals surface area contributed by atoms with Crippen LogP contribution in [0, 0.1) is 0 Å². The highest BCUT2D eigenvalue weighted by Gasteiger charge is 2.29. The molecule has 1 aromatic carbocycles. The molecule has 0 amide bonds. The molecule has 0 unspecified atom stereocenters. The van der Waals surface area contributed by atoms with Crippen LogP contribution in [0.25, 0.3) is 5.65 Å². The van der Waals surface area contributed by atoms with Gasteiger partial charge in [0.15, 0.2) is 5.96 Å². The van der Waals surface area contributed by atoms with E-state index < -0.39 is 11.7 Å². The average molecular weight is 389 g/mol. The summed E-state index contributed by atoms with van der Waals surface area (Å²) in [6, 6.07) is 11.1. The van der Waals surface area contributed by atoms with Gasteiger partial charge >= 0.3 is 6.18 Å². The van der Waals surface area contributed by atoms with E-state index >= 15 is 0 Å². The maximum Gasteiger partial charge on any atom is 0.416 e. The Morgan fingerprint density at radius 3 is 2.39 bits per heavy atom. The molecule has 0 radical (unpaired) electrons. The maximum atomic E-state index is 12.6. The number of alkyl halides is 3. The molecule has 0 saturated heterocycles. The number of aliphatic imine (C=N–C) groups is 1. The number of hydrogen-bond donors (Lipinski definition) is 2. The largest absolute Gasteiger partial charge is 0.416 e. The van der Waals surface area contributed by atoms with Crippen molar-refractivity contribution in [3.8, 4) is 0 Å². The van der Waals surface area contributed by atoms with Crippen LogP contribution in [0.3, 0.4) is 0 Å². The Kier molecular flexibility index (Phi) is 6.18. The Bertz CT molecular complexity index is 896. The second-order valence-electron chi connectivity index (χ2n) is 6.32. The van der Waals surface area contributed by atoms with Crippen molar-refractivity contribution in [2.75, 3.05) is 20.1 Å². The van der Waals surface area contributed by atoms with Crippen molar-refractivity contribution in [2.24, 2.45) is 4.99 Å². The maximum absolute atomic E-state index is 12.6. The fourth-order valence-corrected chi connectivity index (χ4v) is 2.82. The van der Waals surface area contributed by atoms with Gasteiger partial charge in [0.05, 0.1) is 11.3 Å². The normalized spacial score (nSPS) is 12.4. The van der Waals surface area contributed by atoms with Gasteiger partial charge < -0.3 is 15.0 Å². The third-order valence-corrected chi connectivity index (χ3v) is 4.30. The summed E-state index contributed by atoms with van der Waals surface area (Å²) < 4.78 is 39.7. The predicted molar refractivity (Wildman–Crippen MR) is 103 cm³/mol. The Balaban J connectivity index is 1.42. The molecular weight excluding hydrogens is 367 g/mol. The van der Waals surface area contributed by atoms with Crippen molar-refractivity contribution >= 4 is 11.6 Å². The first-order valence-corrected chi connectivity index (χ1v) is 8.99. The van der Waals surface area contributed by atoms with Crippen molar-refractivity contribution in [3.63, 3.8) is 0 Å². The van der Waals surface area contributed by atoms with Crippen LogP contribution in [0.2, 0.25) is 0 Å². The molecule has 2 aromatic heterocycles. The quantitative estimate of drug-likeness (QED) is 0.502. The Labute approximate surface area is 161 Å².